The van der Waals surface area contributed by atoms with E-state index >= 15 is 0 Å². The number of primary amides is 2. The first-order valence-electron chi connectivity index (χ1n) is 11.8. The molecule has 35 heavy (non-hydrogen) atoms. The summed E-state index contributed by atoms with van der Waals surface area (Å²) >= 11 is 0. The van der Waals surface area contributed by atoms with Crippen LogP contribution in [-0.4, -0.2) is 49.5 Å². The van der Waals surface area contributed by atoms with Gasteiger partial charge in [0.15, 0.2) is 0 Å². The van der Waals surface area contributed by atoms with Gasteiger partial charge in [-0.1, -0.05) is 30.3 Å². The number of rotatable bonds is 8. The standard InChI is InChI=1S/C28H32N4O3/c1-18-16-32(12-11-31-18)17-20-5-3-6-21(13-20)24-14-19(9-10-26(24)35-2)15-25-22(27(29)33)7-4-8-23(25)28(30)34/h3-10,13-14,18,31H,11-12,15-17H2,1-2H3,(H2,29,33)(H2,30,34)/t18-/m1/s1. The van der Waals surface area contributed by atoms with Gasteiger partial charge in [-0.05, 0) is 65.9 Å². The quantitative estimate of drug-likeness (QED) is 0.467. The third-order valence-corrected chi connectivity index (χ3v) is 6.45. The summed E-state index contributed by atoms with van der Waals surface area (Å²) < 4.78 is 5.67. The van der Waals surface area contributed by atoms with Crippen molar-refractivity contribution < 1.29 is 14.3 Å². The predicted octanol–water partition coefficient (Wildman–Crippen LogP) is 2.94. The van der Waals surface area contributed by atoms with Gasteiger partial charge in [0.2, 0.25) is 11.8 Å². The third kappa shape index (κ3) is 5.70. The van der Waals surface area contributed by atoms with E-state index in [-0.39, 0.29) is 0 Å². The molecule has 1 aliphatic heterocycles. The summed E-state index contributed by atoms with van der Waals surface area (Å²) in [4.78, 5) is 26.5. The average molecular weight is 473 g/mol. The van der Waals surface area contributed by atoms with E-state index < -0.39 is 11.8 Å². The van der Waals surface area contributed by atoms with Gasteiger partial charge in [0.25, 0.3) is 0 Å². The van der Waals surface area contributed by atoms with Gasteiger partial charge in [-0.2, -0.15) is 0 Å². The molecule has 0 radical (unpaired) electrons. The minimum absolute atomic E-state index is 0.297. The molecule has 1 aliphatic rings. The second kappa shape index (κ2) is 10.7. The van der Waals surface area contributed by atoms with Crippen LogP contribution in [0.15, 0.2) is 60.7 Å². The van der Waals surface area contributed by atoms with E-state index in [1.54, 1.807) is 25.3 Å². The van der Waals surface area contributed by atoms with Crippen molar-refractivity contribution in [3.8, 4) is 16.9 Å². The van der Waals surface area contributed by atoms with Crippen LogP contribution >= 0.6 is 0 Å². The van der Waals surface area contributed by atoms with Gasteiger partial charge in [-0.25, -0.2) is 0 Å². The van der Waals surface area contributed by atoms with Crippen LogP contribution in [-0.2, 0) is 13.0 Å². The number of benzene rings is 3. The lowest BCUT2D eigenvalue weighted by Crippen LogP contribution is -2.48. The Morgan fingerprint density at radius 1 is 1.00 bits per heavy atom. The fraction of sp³-hybridized carbons (Fsp3) is 0.286. The van der Waals surface area contributed by atoms with Crippen molar-refractivity contribution >= 4 is 11.8 Å². The molecule has 0 aliphatic carbocycles. The van der Waals surface area contributed by atoms with Crippen molar-refractivity contribution in [2.24, 2.45) is 11.5 Å². The number of piperazine rings is 1. The number of nitrogens with one attached hydrogen (secondary N) is 1. The fourth-order valence-corrected chi connectivity index (χ4v) is 4.79. The SMILES string of the molecule is COc1ccc(Cc2c(C(N)=O)cccc2C(N)=O)cc1-c1cccc(CN2CCN[C@H](C)C2)c1. The molecule has 0 unspecified atom stereocenters. The summed E-state index contributed by atoms with van der Waals surface area (Å²) in [5.74, 6) is -0.432. The van der Waals surface area contributed by atoms with Crippen LogP contribution in [0.5, 0.6) is 5.75 Å². The Bertz CT molecular complexity index is 1210. The molecule has 182 valence electrons. The fourth-order valence-electron chi connectivity index (χ4n) is 4.79. The van der Waals surface area contributed by atoms with E-state index in [0.717, 1.165) is 48.6 Å². The van der Waals surface area contributed by atoms with E-state index in [0.29, 0.717) is 29.2 Å². The topological polar surface area (TPSA) is 111 Å². The Hall–Kier alpha value is -3.68. The molecular weight excluding hydrogens is 440 g/mol. The van der Waals surface area contributed by atoms with Crippen LogP contribution in [0.1, 0.15) is 44.3 Å². The van der Waals surface area contributed by atoms with Gasteiger partial charge < -0.3 is 21.5 Å². The van der Waals surface area contributed by atoms with Gasteiger partial charge in [-0.3, -0.25) is 14.5 Å². The van der Waals surface area contributed by atoms with Crippen LogP contribution in [0, 0.1) is 0 Å². The molecule has 0 bridgehead atoms. The van der Waals surface area contributed by atoms with Crippen LogP contribution in [0.25, 0.3) is 11.1 Å². The first-order chi connectivity index (χ1) is 16.9. The average Bonchev–Trinajstić information content (AvgIpc) is 2.84. The van der Waals surface area contributed by atoms with Crippen molar-refractivity contribution in [2.45, 2.75) is 25.9 Å². The number of nitrogens with zero attached hydrogens (tertiary/aromatic N) is 1. The zero-order valence-corrected chi connectivity index (χ0v) is 20.2. The first kappa shape index (κ1) is 24.4. The van der Waals surface area contributed by atoms with Gasteiger partial charge >= 0.3 is 0 Å². The highest BCUT2D eigenvalue weighted by atomic mass is 16.5. The largest absolute Gasteiger partial charge is 0.496 e. The van der Waals surface area contributed by atoms with Gasteiger partial charge in [0.1, 0.15) is 5.75 Å². The molecule has 1 heterocycles. The Labute approximate surface area is 206 Å². The second-order valence-corrected chi connectivity index (χ2v) is 9.06. The van der Waals surface area contributed by atoms with Crippen molar-refractivity contribution in [3.05, 3.63) is 88.5 Å². The Balaban J connectivity index is 1.67. The number of hydrogen-bond donors (Lipinski definition) is 3. The Kier molecular flexibility index (Phi) is 7.48. The van der Waals surface area contributed by atoms with Crippen LogP contribution in [0.2, 0.25) is 0 Å². The predicted molar refractivity (Wildman–Crippen MR) is 137 cm³/mol. The zero-order valence-electron chi connectivity index (χ0n) is 20.2. The lowest BCUT2D eigenvalue weighted by molar-refractivity contribution is 0.0999. The molecule has 7 heteroatoms. The van der Waals surface area contributed by atoms with E-state index in [1.165, 1.54) is 5.56 Å². The molecule has 1 saturated heterocycles. The van der Waals surface area contributed by atoms with E-state index in [1.807, 2.05) is 18.2 Å². The minimum atomic E-state index is -0.591. The molecule has 4 rings (SSSR count). The number of ether oxygens (including phenoxy) is 1. The Morgan fingerprint density at radius 3 is 2.37 bits per heavy atom. The molecule has 3 aromatic carbocycles. The molecule has 2 amide bonds. The summed E-state index contributed by atoms with van der Waals surface area (Å²) in [6.07, 6.45) is 0.340. The third-order valence-electron chi connectivity index (χ3n) is 6.45. The number of nitrogens with two attached hydrogens (primary N) is 2. The highest BCUT2D eigenvalue weighted by molar-refractivity contribution is 6.01. The van der Waals surface area contributed by atoms with E-state index in [4.69, 9.17) is 16.2 Å². The number of carbonyl (C=O) groups excluding carboxylic acids is 2. The first-order valence-corrected chi connectivity index (χ1v) is 11.8. The second-order valence-electron chi connectivity index (χ2n) is 9.06. The summed E-state index contributed by atoms with van der Waals surface area (Å²) in [5.41, 5.74) is 16.4. The number of amides is 2. The monoisotopic (exact) mass is 472 g/mol. The van der Waals surface area contributed by atoms with Crippen molar-refractivity contribution in [3.63, 3.8) is 0 Å². The maximum Gasteiger partial charge on any atom is 0.249 e. The maximum atomic E-state index is 12.0. The lowest BCUT2D eigenvalue weighted by Gasteiger charge is -2.31. The zero-order chi connectivity index (χ0) is 24.9. The summed E-state index contributed by atoms with van der Waals surface area (Å²) in [6, 6.07) is 19.7. The van der Waals surface area contributed by atoms with Crippen molar-refractivity contribution in [2.75, 3.05) is 26.7 Å². The minimum Gasteiger partial charge on any atom is -0.496 e. The molecule has 0 aromatic heterocycles. The molecule has 1 atom stereocenters. The summed E-state index contributed by atoms with van der Waals surface area (Å²) in [6.45, 7) is 6.13. The molecule has 7 nitrogen and oxygen atoms in total. The van der Waals surface area contributed by atoms with E-state index in [2.05, 4.69) is 41.4 Å². The molecule has 5 N–H and O–H groups in total. The maximum absolute atomic E-state index is 12.0. The number of methoxy groups -OCH3 is 1. The highest BCUT2D eigenvalue weighted by Gasteiger charge is 2.18. The number of carbonyl (C=O) groups is 2. The van der Waals surface area contributed by atoms with Crippen molar-refractivity contribution in [1.29, 1.82) is 0 Å². The van der Waals surface area contributed by atoms with Gasteiger partial charge in [-0.15, -0.1) is 0 Å². The van der Waals surface area contributed by atoms with E-state index in [9.17, 15) is 9.59 Å². The molecule has 0 saturated carbocycles. The molecular formula is C28H32N4O3. The normalized spacial score (nSPS) is 16.1. The van der Waals surface area contributed by atoms with Crippen molar-refractivity contribution in [1.82, 2.24) is 10.2 Å². The lowest BCUT2D eigenvalue weighted by atomic mass is 9.92. The van der Waals surface area contributed by atoms with Crippen LogP contribution in [0.4, 0.5) is 0 Å². The molecule has 1 fully saturated rings. The molecule has 0 spiro atoms. The smallest absolute Gasteiger partial charge is 0.249 e. The summed E-state index contributed by atoms with van der Waals surface area (Å²) in [5, 5.41) is 3.48. The molecule has 3 aromatic rings. The van der Waals surface area contributed by atoms with Crippen LogP contribution in [0.3, 0.4) is 0 Å². The summed E-state index contributed by atoms with van der Waals surface area (Å²) in [7, 11) is 1.65. The van der Waals surface area contributed by atoms with Gasteiger partial charge in [0, 0.05) is 48.9 Å². The number of hydrogen-bond acceptors (Lipinski definition) is 5. The highest BCUT2D eigenvalue weighted by Crippen LogP contribution is 2.33. The van der Waals surface area contributed by atoms with Gasteiger partial charge in [0.05, 0.1) is 7.11 Å². The van der Waals surface area contributed by atoms with Crippen LogP contribution < -0.4 is 21.5 Å². The Morgan fingerprint density at radius 2 is 1.71 bits per heavy atom.